The van der Waals surface area contributed by atoms with Crippen LogP contribution in [0.2, 0.25) is 10.0 Å². The van der Waals surface area contributed by atoms with Crippen molar-refractivity contribution in [1.29, 1.82) is 0 Å². The fraction of sp³-hybridized carbons (Fsp3) is 0.417. The molecule has 0 spiro atoms. The maximum absolute atomic E-state index is 11.9. The van der Waals surface area contributed by atoms with Crippen LogP contribution in [0.1, 0.15) is 37.0 Å². The van der Waals surface area contributed by atoms with Crippen molar-refractivity contribution in [2.24, 2.45) is 5.92 Å². The van der Waals surface area contributed by atoms with Crippen molar-refractivity contribution in [2.75, 3.05) is 5.73 Å². The summed E-state index contributed by atoms with van der Waals surface area (Å²) >= 11 is 11.7. The molecule has 0 heterocycles. The topological polar surface area (TPSA) is 43.1 Å². The lowest BCUT2D eigenvalue weighted by Gasteiger charge is -2.09. The highest BCUT2D eigenvalue weighted by molar-refractivity contribution is 6.39. The monoisotopic (exact) mass is 259 g/mol. The van der Waals surface area contributed by atoms with E-state index < -0.39 is 0 Å². The summed E-state index contributed by atoms with van der Waals surface area (Å²) in [7, 11) is 0. The van der Waals surface area contributed by atoms with Gasteiger partial charge in [0.1, 0.15) is 0 Å². The Kier molecular flexibility index (Phi) is 4.63. The third-order valence-electron chi connectivity index (χ3n) is 2.63. The summed E-state index contributed by atoms with van der Waals surface area (Å²) in [5, 5.41) is 0.667. The molecule has 1 aromatic carbocycles. The van der Waals surface area contributed by atoms with Gasteiger partial charge >= 0.3 is 0 Å². The number of nitrogens with two attached hydrogens (primary N) is 1. The van der Waals surface area contributed by atoms with E-state index in [9.17, 15) is 4.79 Å². The Morgan fingerprint density at radius 1 is 1.38 bits per heavy atom. The van der Waals surface area contributed by atoms with E-state index in [0.717, 1.165) is 6.42 Å². The van der Waals surface area contributed by atoms with Crippen LogP contribution >= 0.6 is 23.2 Å². The standard InChI is InChI=1S/C12H15Cl2NO/c1-3-7(2)4-11(16)8-5-9(13)12(15)10(14)6-8/h5-7H,3-4,15H2,1-2H3. The van der Waals surface area contributed by atoms with Gasteiger partial charge in [0.2, 0.25) is 0 Å². The van der Waals surface area contributed by atoms with Gasteiger partial charge in [-0.05, 0) is 18.1 Å². The number of hydrogen-bond donors (Lipinski definition) is 1. The van der Waals surface area contributed by atoms with Crippen LogP contribution in [-0.4, -0.2) is 5.78 Å². The third-order valence-corrected chi connectivity index (χ3v) is 3.26. The van der Waals surface area contributed by atoms with Crippen LogP contribution in [-0.2, 0) is 0 Å². The van der Waals surface area contributed by atoms with Crippen molar-refractivity contribution >= 4 is 34.7 Å². The SMILES string of the molecule is CCC(C)CC(=O)c1cc(Cl)c(N)c(Cl)c1. The first-order valence-corrected chi connectivity index (χ1v) is 5.99. The van der Waals surface area contributed by atoms with Gasteiger partial charge in [-0.1, -0.05) is 43.5 Å². The van der Waals surface area contributed by atoms with E-state index in [-0.39, 0.29) is 5.78 Å². The van der Waals surface area contributed by atoms with Gasteiger partial charge in [0.05, 0.1) is 15.7 Å². The molecule has 16 heavy (non-hydrogen) atoms. The van der Waals surface area contributed by atoms with Crippen LogP contribution in [0.3, 0.4) is 0 Å². The van der Waals surface area contributed by atoms with Gasteiger partial charge < -0.3 is 5.73 Å². The van der Waals surface area contributed by atoms with Crippen molar-refractivity contribution in [3.05, 3.63) is 27.7 Å². The van der Waals surface area contributed by atoms with Crippen LogP contribution in [0, 0.1) is 5.92 Å². The van der Waals surface area contributed by atoms with Gasteiger partial charge in [-0.2, -0.15) is 0 Å². The van der Waals surface area contributed by atoms with E-state index in [1.165, 1.54) is 0 Å². The average molecular weight is 260 g/mol. The highest BCUT2D eigenvalue weighted by Gasteiger charge is 2.13. The number of rotatable bonds is 4. The molecule has 2 N–H and O–H groups in total. The Labute approximate surface area is 106 Å². The van der Waals surface area contributed by atoms with Crippen molar-refractivity contribution in [1.82, 2.24) is 0 Å². The predicted octanol–water partition coefficient (Wildman–Crippen LogP) is 4.19. The second-order valence-corrected chi connectivity index (χ2v) is 4.81. The zero-order valence-corrected chi connectivity index (χ0v) is 10.9. The zero-order valence-electron chi connectivity index (χ0n) is 9.39. The normalized spacial score (nSPS) is 12.5. The highest BCUT2D eigenvalue weighted by atomic mass is 35.5. The van der Waals surface area contributed by atoms with Crippen LogP contribution in [0.25, 0.3) is 0 Å². The number of ketones is 1. The van der Waals surface area contributed by atoms with Crippen molar-refractivity contribution in [2.45, 2.75) is 26.7 Å². The Hall–Kier alpha value is -0.730. The van der Waals surface area contributed by atoms with Crippen molar-refractivity contribution in [3.8, 4) is 0 Å². The summed E-state index contributed by atoms with van der Waals surface area (Å²) in [5.74, 6) is 0.417. The molecule has 1 rings (SSSR count). The van der Waals surface area contributed by atoms with Crippen molar-refractivity contribution in [3.63, 3.8) is 0 Å². The Morgan fingerprint density at radius 2 is 1.88 bits per heavy atom. The fourth-order valence-electron chi connectivity index (χ4n) is 1.32. The smallest absolute Gasteiger partial charge is 0.163 e. The first-order valence-electron chi connectivity index (χ1n) is 5.23. The van der Waals surface area contributed by atoms with Crippen LogP contribution in [0.4, 0.5) is 5.69 Å². The van der Waals surface area contributed by atoms with E-state index in [4.69, 9.17) is 28.9 Å². The Balaban J connectivity index is 2.93. The van der Waals surface area contributed by atoms with Gasteiger partial charge in [-0.25, -0.2) is 0 Å². The number of carbonyl (C=O) groups is 1. The number of carbonyl (C=O) groups excluding carboxylic acids is 1. The lowest BCUT2D eigenvalue weighted by Crippen LogP contribution is -2.06. The fourth-order valence-corrected chi connectivity index (χ4v) is 1.81. The molecule has 0 saturated heterocycles. The van der Waals surface area contributed by atoms with Gasteiger partial charge in [-0.3, -0.25) is 4.79 Å². The summed E-state index contributed by atoms with van der Waals surface area (Å²) in [5.41, 5.74) is 6.46. The Morgan fingerprint density at radius 3 is 2.31 bits per heavy atom. The summed E-state index contributed by atoms with van der Waals surface area (Å²) in [6.07, 6.45) is 1.48. The molecule has 1 atom stereocenters. The van der Waals surface area contributed by atoms with Gasteiger partial charge in [-0.15, -0.1) is 0 Å². The van der Waals surface area contributed by atoms with Gasteiger partial charge in [0.25, 0.3) is 0 Å². The van der Waals surface area contributed by atoms with E-state index >= 15 is 0 Å². The maximum atomic E-state index is 11.9. The van der Waals surface area contributed by atoms with E-state index in [1.54, 1.807) is 12.1 Å². The predicted molar refractivity (Wildman–Crippen MR) is 69.3 cm³/mol. The van der Waals surface area contributed by atoms with E-state index in [2.05, 4.69) is 6.92 Å². The zero-order chi connectivity index (χ0) is 12.3. The van der Waals surface area contributed by atoms with Crippen LogP contribution < -0.4 is 5.73 Å². The first-order chi connectivity index (χ1) is 7.45. The molecule has 0 saturated carbocycles. The molecule has 0 amide bonds. The van der Waals surface area contributed by atoms with Crippen LogP contribution in [0.5, 0.6) is 0 Å². The van der Waals surface area contributed by atoms with Crippen LogP contribution in [0.15, 0.2) is 12.1 Å². The molecule has 0 fully saturated rings. The minimum atomic E-state index is 0.0538. The molecule has 1 unspecified atom stereocenters. The number of nitrogen functional groups attached to an aromatic ring is 1. The third kappa shape index (κ3) is 3.13. The minimum Gasteiger partial charge on any atom is -0.396 e. The molecule has 0 aliphatic rings. The molecule has 0 aliphatic carbocycles. The van der Waals surface area contributed by atoms with E-state index in [1.807, 2.05) is 6.92 Å². The number of halogens is 2. The molecule has 88 valence electrons. The lowest BCUT2D eigenvalue weighted by atomic mass is 9.98. The number of Topliss-reactive ketones (excluding diaryl/α,β-unsaturated/α-hetero) is 1. The molecule has 2 nitrogen and oxygen atoms in total. The molecular formula is C12H15Cl2NO. The minimum absolute atomic E-state index is 0.0538. The number of anilines is 1. The van der Waals surface area contributed by atoms with E-state index in [0.29, 0.717) is 33.6 Å². The summed E-state index contributed by atoms with van der Waals surface area (Å²) in [6, 6.07) is 3.15. The molecular weight excluding hydrogens is 245 g/mol. The van der Waals surface area contributed by atoms with Gasteiger partial charge in [0.15, 0.2) is 5.78 Å². The molecule has 1 aromatic rings. The average Bonchev–Trinajstić information content (AvgIpc) is 2.24. The molecule has 0 radical (unpaired) electrons. The summed E-state index contributed by atoms with van der Waals surface area (Å²) in [6.45, 7) is 4.10. The van der Waals surface area contributed by atoms with Gasteiger partial charge in [0, 0.05) is 12.0 Å². The molecule has 0 aliphatic heterocycles. The summed E-state index contributed by atoms with van der Waals surface area (Å²) in [4.78, 5) is 11.9. The second kappa shape index (κ2) is 5.55. The lowest BCUT2D eigenvalue weighted by molar-refractivity contribution is 0.0963. The number of benzene rings is 1. The highest BCUT2D eigenvalue weighted by Crippen LogP contribution is 2.29. The maximum Gasteiger partial charge on any atom is 0.163 e. The molecule has 4 heteroatoms. The quantitative estimate of drug-likeness (QED) is 0.651. The molecule has 0 aromatic heterocycles. The first kappa shape index (κ1) is 13.3. The largest absolute Gasteiger partial charge is 0.396 e. The Bertz CT molecular complexity index is 381. The number of hydrogen-bond acceptors (Lipinski definition) is 2. The summed E-state index contributed by atoms with van der Waals surface area (Å²) < 4.78 is 0. The van der Waals surface area contributed by atoms with Crippen molar-refractivity contribution < 1.29 is 4.79 Å². The second-order valence-electron chi connectivity index (χ2n) is 3.99. The molecule has 0 bridgehead atoms.